The summed E-state index contributed by atoms with van der Waals surface area (Å²) < 4.78 is 5.10. The number of ether oxygens (including phenoxy) is 1. The van der Waals surface area contributed by atoms with E-state index in [1.54, 1.807) is 12.1 Å². The van der Waals surface area contributed by atoms with Gasteiger partial charge in [0.05, 0.1) is 5.56 Å². The topological polar surface area (TPSA) is 56.3 Å². The standard InChI is InChI=1S/C21H14ClNO3/c22-20-17(6-3-9-23-20)21(25)26-12-19(24)15-8-7-14-10-13-4-1-2-5-16(13)18(14)11-15/h1-9,11H,10,12H2. The van der Waals surface area contributed by atoms with Crippen LogP contribution >= 0.6 is 11.6 Å². The number of carbonyl (C=O) groups is 2. The number of pyridine rings is 1. The fourth-order valence-electron chi connectivity index (χ4n) is 3.13. The smallest absolute Gasteiger partial charge is 0.341 e. The van der Waals surface area contributed by atoms with Crippen molar-refractivity contribution >= 4 is 23.4 Å². The number of carbonyl (C=O) groups excluding carboxylic acids is 2. The van der Waals surface area contributed by atoms with Crippen LogP contribution in [0.15, 0.2) is 60.8 Å². The lowest BCUT2D eigenvalue weighted by molar-refractivity contribution is 0.0474. The van der Waals surface area contributed by atoms with Crippen molar-refractivity contribution in [1.29, 1.82) is 0 Å². The lowest BCUT2D eigenvalue weighted by Crippen LogP contribution is -2.15. The summed E-state index contributed by atoms with van der Waals surface area (Å²) in [5.41, 5.74) is 5.33. The predicted octanol–water partition coefficient (Wildman–Crippen LogP) is 4.35. The molecule has 4 nitrogen and oxygen atoms in total. The summed E-state index contributed by atoms with van der Waals surface area (Å²) in [5.74, 6) is -0.923. The van der Waals surface area contributed by atoms with E-state index in [-0.39, 0.29) is 23.1 Å². The van der Waals surface area contributed by atoms with Crippen molar-refractivity contribution in [3.8, 4) is 11.1 Å². The van der Waals surface area contributed by atoms with Crippen LogP contribution in [0.4, 0.5) is 0 Å². The Kier molecular flexibility index (Phi) is 4.27. The normalized spacial score (nSPS) is 11.6. The lowest BCUT2D eigenvalue weighted by atomic mass is 10.0. The van der Waals surface area contributed by atoms with Crippen LogP contribution in [0.3, 0.4) is 0 Å². The summed E-state index contributed by atoms with van der Waals surface area (Å²) in [6.07, 6.45) is 2.35. The van der Waals surface area contributed by atoms with Gasteiger partial charge in [0.1, 0.15) is 5.15 Å². The minimum Gasteiger partial charge on any atom is -0.454 e. The Morgan fingerprint density at radius 2 is 1.81 bits per heavy atom. The van der Waals surface area contributed by atoms with Gasteiger partial charge in [-0.05, 0) is 46.9 Å². The third kappa shape index (κ3) is 3.00. The molecule has 1 aliphatic rings. The van der Waals surface area contributed by atoms with Crippen molar-refractivity contribution in [3.05, 3.63) is 88.2 Å². The molecule has 0 fully saturated rings. The largest absolute Gasteiger partial charge is 0.454 e. The Morgan fingerprint density at radius 3 is 2.65 bits per heavy atom. The van der Waals surface area contributed by atoms with Crippen LogP contribution in [0.2, 0.25) is 5.15 Å². The zero-order valence-corrected chi connectivity index (χ0v) is 14.5. The molecule has 0 atom stereocenters. The highest BCUT2D eigenvalue weighted by Gasteiger charge is 2.20. The van der Waals surface area contributed by atoms with Crippen molar-refractivity contribution < 1.29 is 14.3 Å². The van der Waals surface area contributed by atoms with Crippen molar-refractivity contribution in [2.24, 2.45) is 0 Å². The maximum absolute atomic E-state index is 12.5. The van der Waals surface area contributed by atoms with E-state index in [1.165, 1.54) is 23.4 Å². The number of nitrogens with zero attached hydrogens (tertiary/aromatic N) is 1. The molecule has 0 aliphatic heterocycles. The van der Waals surface area contributed by atoms with Gasteiger partial charge in [0.15, 0.2) is 12.4 Å². The first kappa shape index (κ1) is 16.5. The number of halogens is 1. The molecule has 3 aromatic rings. The van der Waals surface area contributed by atoms with Crippen molar-refractivity contribution in [2.45, 2.75) is 6.42 Å². The third-order valence-electron chi connectivity index (χ3n) is 4.43. The molecule has 4 rings (SSSR count). The van der Waals surface area contributed by atoms with Gasteiger partial charge in [-0.3, -0.25) is 4.79 Å². The van der Waals surface area contributed by atoms with Crippen LogP contribution in [0.1, 0.15) is 31.8 Å². The summed E-state index contributed by atoms with van der Waals surface area (Å²) >= 11 is 5.87. The summed E-state index contributed by atoms with van der Waals surface area (Å²) in [7, 11) is 0. The highest BCUT2D eigenvalue weighted by Crippen LogP contribution is 2.36. The van der Waals surface area contributed by atoms with Crippen LogP contribution in [0.5, 0.6) is 0 Å². The Labute approximate surface area is 155 Å². The summed E-state index contributed by atoms with van der Waals surface area (Å²) in [6, 6.07) is 16.9. The Bertz CT molecular complexity index is 1030. The first-order valence-electron chi connectivity index (χ1n) is 8.15. The number of rotatable bonds is 4. The second-order valence-electron chi connectivity index (χ2n) is 6.05. The monoisotopic (exact) mass is 363 g/mol. The van der Waals surface area contributed by atoms with Gasteiger partial charge in [-0.15, -0.1) is 0 Å². The average Bonchev–Trinajstić information content (AvgIpc) is 3.04. The molecule has 0 unspecified atom stereocenters. The molecule has 0 amide bonds. The Balaban J connectivity index is 1.50. The zero-order chi connectivity index (χ0) is 18.1. The molecule has 0 saturated heterocycles. The molecule has 2 aromatic carbocycles. The Morgan fingerprint density at radius 1 is 1.00 bits per heavy atom. The molecular formula is C21H14ClNO3. The van der Waals surface area contributed by atoms with E-state index in [1.807, 2.05) is 24.3 Å². The van der Waals surface area contributed by atoms with Gasteiger partial charge in [0, 0.05) is 11.8 Å². The highest BCUT2D eigenvalue weighted by atomic mass is 35.5. The number of Topliss-reactive ketones (excluding diaryl/α,β-unsaturated/α-hetero) is 1. The van der Waals surface area contributed by atoms with E-state index in [2.05, 4.69) is 17.1 Å². The SMILES string of the molecule is O=C(COC(=O)c1cccnc1Cl)c1ccc2c(c1)-c1ccccc1C2. The first-order chi connectivity index (χ1) is 12.6. The minimum atomic E-state index is -0.664. The van der Waals surface area contributed by atoms with Crippen LogP contribution in [0, 0.1) is 0 Å². The number of hydrogen-bond acceptors (Lipinski definition) is 4. The average molecular weight is 364 g/mol. The van der Waals surface area contributed by atoms with Gasteiger partial charge in [-0.2, -0.15) is 0 Å². The van der Waals surface area contributed by atoms with Gasteiger partial charge in [-0.25, -0.2) is 9.78 Å². The van der Waals surface area contributed by atoms with E-state index in [0.717, 1.165) is 17.5 Å². The lowest BCUT2D eigenvalue weighted by Gasteiger charge is -2.07. The van der Waals surface area contributed by atoms with Gasteiger partial charge in [0.2, 0.25) is 0 Å². The van der Waals surface area contributed by atoms with Gasteiger partial charge in [0.25, 0.3) is 0 Å². The van der Waals surface area contributed by atoms with Crippen LogP contribution in [0.25, 0.3) is 11.1 Å². The Hall–Kier alpha value is -2.98. The molecule has 0 saturated carbocycles. The van der Waals surface area contributed by atoms with Gasteiger partial charge in [-0.1, -0.05) is 48.0 Å². The van der Waals surface area contributed by atoms with Crippen molar-refractivity contribution in [3.63, 3.8) is 0 Å². The summed E-state index contributed by atoms with van der Waals surface area (Å²) in [4.78, 5) is 28.3. The number of esters is 1. The summed E-state index contributed by atoms with van der Waals surface area (Å²) in [5, 5.41) is 0.0547. The molecule has 1 aromatic heterocycles. The molecular weight excluding hydrogens is 350 g/mol. The van der Waals surface area contributed by atoms with Gasteiger partial charge >= 0.3 is 5.97 Å². The number of hydrogen-bond donors (Lipinski definition) is 0. The summed E-state index contributed by atoms with van der Waals surface area (Å²) in [6.45, 7) is -0.343. The van der Waals surface area contributed by atoms with E-state index in [4.69, 9.17) is 16.3 Å². The molecule has 1 heterocycles. The highest BCUT2D eigenvalue weighted by molar-refractivity contribution is 6.32. The fourth-order valence-corrected chi connectivity index (χ4v) is 3.32. The molecule has 0 spiro atoms. The van der Waals surface area contributed by atoms with E-state index in [0.29, 0.717) is 5.56 Å². The maximum atomic E-state index is 12.5. The van der Waals surface area contributed by atoms with Gasteiger partial charge < -0.3 is 4.74 Å². The minimum absolute atomic E-state index is 0.0547. The van der Waals surface area contributed by atoms with E-state index in [9.17, 15) is 9.59 Å². The maximum Gasteiger partial charge on any atom is 0.341 e. The molecule has 0 bridgehead atoms. The van der Waals surface area contributed by atoms with Crippen LogP contribution in [-0.2, 0) is 11.2 Å². The quantitative estimate of drug-likeness (QED) is 0.307. The van der Waals surface area contributed by atoms with E-state index >= 15 is 0 Å². The molecule has 1 aliphatic carbocycles. The molecule has 26 heavy (non-hydrogen) atoms. The number of fused-ring (bicyclic) bond motifs is 3. The molecule has 5 heteroatoms. The number of aromatic nitrogens is 1. The van der Waals surface area contributed by atoms with Crippen molar-refractivity contribution in [1.82, 2.24) is 4.98 Å². The molecule has 128 valence electrons. The van der Waals surface area contributed by atoms with Crippen molar-refractivity contribution in [2.75, 3.05) is 6.61 Å². The fraction of sp³-hybridized carbons (Fsp3) is 0.0952. The second kappa shape index (κ2) is 6.73. The zero-order valence-electron chi connectivity index (χ0n) is 13.7. The third-order valence-corrected chi connectivity index (χ3v) is 4.73. The second-order valence-corrected chi connectivity index (χ2v) is 6.40. The van der Waals surface area contributed by atoms with E-state index < -0.39 is 5.97 Å². The van der Waals surface area contributed by atoms with Crippen LogP contribution in [-0.4, -0.2) is 23.3 Å². The number of benzene rings is 2. The van der Waals surface area contributed by atoms with Crippen LogP contribution < -0.4 is 0 Å². The molecule has 0 N–H and O–H groups in total. The molecule has 0 radical (unpaired) electrons. The predicted molar refractivity (Wildman–Crippen MR) is 98.5 cm³/mol. The number of ketones is 1. The first-order valence-corrected chi connectivity index (χ1v) is 8.53.